The molecule has 3 aromatic carbocycles. The number of hydrogen-bond acceptors (Lipinski definition) is 5. The lowest BCUT2D eigenvalue weighted by Crippen LogP contribution is -2.56. The Morgan fingerprint density at radius 1 is 0.820 bits per heavy atom. The normalized spacial score (nSPS) is 14.5. The number of carbonyl (C=O) groups excluding carboxylic acids is 2. The van der Waals surface area contributed by atoms with Gasteiger partial charge in [-0.1, -0.05) is 72.8 Å². The zero-order chi connectivity index (χ0) is 34.9. The number of hydrogen-bond donors (Lipinski definition) is 1. The number of amides is 2. The quantitative estimate of drug-likeness (QED) is 0.162. The fourth-order valence-corrected chi connectivity index (χ4v) is 6.00. The van der Waals surface area contributed by atoms with E-state index in [0.717, 1.165) is 35.5 Å². The number of nitrogens with zero attached hydrogens (tertiary/aromatic N) is 5. The molecular weight excluding hydrogens is 641 g/mol. The van der Waals surface area contributed by atoms with Crippen LogP contribution in [0.2, 0.25) is 0 Å². The zero-order valence-corrected chi connectivity index (χ0v) is 27.3. The highest BCUT2D eigenvalue weighted by Gasteiger charge is 2.35. The van der Waals surface area contributed by atoms with Crippen molar-refractivity contribution in [3.8, 4) is 11.3 Å². The maximum atomic E-state index is 14.4. The number of piperazine rings is 1. The number of aromatic amines is 1. The molecule has 0 spiro atoms. The zero-order valence-electron chi connectivity index (χ0n) is 27.3. The molecule has 5 aromatic rings. The van der Waals surface area contributed by atoms with Gasteiger partial charge in [0.05, 0.1) is 11.3 Å². The second-order valence-corrected chi connectivity index (χ2v) is 12.2. The van der Waals surface area contributed by atoms with Crippen molar-refractivity contribution in [1.29, 1.82) is 0 Å². The van der Waals surface area contributed by atoms with E-state index in [4.69, 9.17) is 0 Å². The highest BCUT2D eigenvalue weighted by atomic mass is 19.4. The van der Waals surface area contributed by atoms with Gasteiger partial charge < -0.3 is 14.8 Å². The van der Waals surface area contributed by atoms with Gasteiger partial charge >= 0.3 is 6.18 Å². The summed E-state index contributed by atoms with van der Waals surface area (Å²) in [7, 11) is 0. The molecule has 1 fully saturated rings. The van der Waals surface area contributed by atoms with Crippen LogP contribution in [0.3, 0.4) is 0 Å². The Morgan fingerprint density at radius 2 is 1.54 bits per heavy atom. The topological polar surface area (TPSA) is 85.4 Å². The second-order valence-electron chi connectivity index (χ2n) is 12.2. The smallest absolute Gasteiger partial charge is 0.349 e. The van der Waals surface area contributed by atoms with E-state index in [1.54, 1.807) is 23.5 Å². The van der Waals surface area contributed by atoms with Crippen molar-refractivity contribution in [2.75, 3.05) is 26.2 Å². The summed E-state index contributed by atoms with van der Waals surface area (Å²) < 4.78 is 39.4. The summed E-state index contributed by atoms with van der Waals surface area (Å²) in [6.07, 6.45) is 3.47. The van der Waals surface area contributed by atoms with Crippen molar-refractivity contribution in [1.82, 2.24) is 29.7 Å². The van der Waals surface area contributed by atoms with E-state index in [2.05, 4.69) is 32.0 Å². The Bertz CT molecular complexity index is 1860. The van der Waals surface area contributed by atoms with Gasteiger partial charge in [-0.05, 0) is 47.0 Å². The van der Waals surface area contributed by atoms with Crippen LogP contribution >= 0.6 is 0 Å². The summed E-state index contributed by atoms with van der Waals surface area (Å²) in [6, 6.07) is 27.2. The molecule has 2 aromatic heterocycles. The summed E-state index contributed by atoms with van der Waals surface area (Å²) in [5, 5.41) is 0. The first-order chi connectivity index (χ1) is 24.2. The van der Waals surface area contributed by atoms with Gasteiger partial charge in [0.1, 0.15) is 11.9 Å². The van der Waals surface area contributed by atoms with Crippen molar-refractivity contribution in [2.24, 2.45) is 0 Å². The lowest BCUT2D eigenvalue weighted by Gasteiger charge is -2.39. The van der Waals surface area contributed by atoms with E-state index in [0.29, 0.717) is 37.6 Å². The number of H-pyrrole nitrogens is 1. The van der Waals surface area contributed by atoms with E-state index < -0.39 is 23.7 Å². The molecule has 0 unspecified atom stereocenters. The second kappa shape index (κ2) is 15.8. The molecule has 6 rings (SSSR count). The Kier molecular flexibility index (Phi) is 10.8. The van der Waals surface area contributed by atoms with Gasteiger partial charge in [0.2, 0.25) is 11.8 Å². The number of carbonyl (C=O) groups is 2. The summed E-state index contributed by atoms with van der Waals surface area (Å²) in [5.74, 6) is -0.0884. The summed E-state index contributed by atoms with van der Waals surface area (Å²) in [6.45, 7) is 3.27. The Labute approximate surface area is 288 Å². The van der Waals surface area contributed by atoms with E-state index >= 15 is 0 Å². The largest absolute Gasteiger partial charge is 0.416 e. The van der Waals surface area contributed by atoms with Crippen LogP contribution in [0, 0.1) is 0 Å². The molecule has 0 bridgehead atoms. The fourth-order valence-electron chi connectivity index (χ4n) is 6.00. The van der Waals surface area contributed by atoms with Gasteiger partial charge in [0.25, 0.3) is 0 Å². The van der Waals surface area contributed by atoms with Gasteiger partial charge in [-0.3, -0.25) is 19.5 Å². The predicted octanol–water partition coefficient (Wildman–Crippen LogP) is 6.49. The van der Waals surface area contributed by atoms with Crippen LogP contribution in [-0.2, 0) is 35.3 Å². The highest BCUT2D eigenvalue weighted by Crippen LogP contribution is 2.29. The lowest BCUT2D eigenvalue weighted by atomic mass is 10.0. The van der Waals surface area contributed by atoms with Crippen LogP contribution in [-0.4, -0.2) is 73.7 Å². The summed E-state index contributed by atoms with van der Waals surface area (Å²) >= 11 is 0. The van der Waals surface area contributed by atoms with Crippen molar-refractivity contribution in [3.05, 3.63) is 150 Å². The molecule has 1 N–H and O–H groups in total. The van der Waals surface area contributed by atoms with Crippen LogP contribution in [0.15, 0.2) is 122 Å². The molecule has 50 heavy (non-hydrogen) atoms. The SMILES string of the molecule is O=C([C@H](Cc1ncc[nH]1)N(Cc1ccc(-c2ccccn2)cc1)C(=O)C=Cc1ccc(C(F)(F)F)cc1)N1CCN(Cc2ccccc2)CC1. The number of halogens is 3. The molecular formula is C39H37F3N6O2. The molecule has 11 heteroatoms. The number of rotatable bonds is 11. The van der Waals surface area contributed by atoms with Gasteiger partial charge in [-0.2, -0.15) is 13.2 Å². The first kappa shape index (κ1) is 34.3. The van der Waals surface area contributed by atoms with Crippen LogP contribution in [0.1, 0.15) is 28.1 Å². The number of pyridine rings is 1. The summed E-state index contributed by atoms with van der Waals surface area (Å²) in [4.78, 5) is 46.0. The van der Waals surface area contributed by atoms with E-state index in [9.17, 15) is 22.8 Å². The first-order valence-corrected chi connectivity index (χ1v) is 16.4. The number of benzene rings is 3. The molecule has 256 valence electrons. The van der Waals surface area contributed by atoms with Gasteiger partial charge in [0, 0.05) is 75.9 Å². The van der Waals surface area contributed by atoms with E-state index in [-0.39, 0.29) is 18.9 Å². The van der Waals surface area contributed by atoms with Crippen molar-refractivity contribution in [2.45, 2.75) is 31.7 Å². The molecule has 1 atom stereocenters. The van der Waals surface area contributed by atoms with Crippen LogP contribution < -0.4 is 0 Å². The van der Waals surface area contributed by atoms with Crippen molar-refractivity contribution in [3.63, 3.8) is 0 Å². The Morgan fingerprint density at radius 3 is 2.18 bits per heavy atom. The molecule has 0 saturated carbocycles. The molecule has 1 aliphatic heterocycles. The number of nitrogens with one attached hydrogen (secondary N) is 1. The minimum Gasteiger partial charge on any atom is -0.349 e. The lowest BCUT2D eigenvalue weighted by molar-refractivity contribution is -0.145. The average molecular weight is 679 g/mol. The third-order valence-electron chi connectivity index (χ3n) is 8.74. The molecule has 0 aliphatic carbocycles. The van der Waals surface area contributed by atoms with Crippen LogP contribution in [0.5, 0.6) is 0 Å². The van der Waals surface area contributed by atoms with Crippen molar-refractivity contribution < 1.29 is 22.8 Å². The molecule has 2 amide bonds. The Balaban J connectivity index is 1.26. The summed E-state index contributed by atoms with van der Waals surface area (Å²) in [5.41, 5.74) is 3.37. The standard InChI is InChI=1S/C39H37F3N6O2/c40-39(41,42)33-16-11-29(12-17-33)13-18-37(49)48(28-31-9-14-32(15-10-31)34-8-4-5-19-43-34)35(26-36-44-20-21-45-36)38(50)47-24-22-46(23-25-47)27-30-6-2-1-3-7-30/h1-21,35H,22-28H2,(H,44,45)/t35-/m0/s1. The maximum Gasteiger partial charge on any atom is 0.416 e. The molecule has 8 nitrogen and oxygen atoms in total. The third kappa shape index (κ3) is 8.91. The van der Waals surface area contributed by atoms with Gasteiger partial charge in [-0.25, -0.2) is 4.98 Å². The first-order valence-electron chi connectivity index (χ1n) is 16.4. The Hall–Kier alpha value is -5.55. The minimum atomic E-state index is -4.46. The molecule has 1 saturated heterocycles. The monoisotopic (exact) mass is 678 g/mol. The van der Waals surface area contributed by atoms with E-state index in [1.165, 1.54) is 34.7 Å². The van der Waals surface area contributed by atoms with Crippen molar-refractivity contribution >= 4 is 17.9 Å². The molecule has 3 heterocycles. The van der Waals surface area contributed by atoms with E-state index in [1.807, 2.05) is 60.7 Å². The van der Waals surface area contributed by atoms with Gasteiger partial charge in [0.15, 0.2) is 0 Å². The van der Waals surface area contributed by atoms with Crippen LogP contribution in [0.25, 0.3) is 17.3 Å². The minimum absolute atomic E-state index is 0.115. The highest BCUT2D eigenvalue weighted by molar-refractivity contribution is 5.95. The van der Waals surface area contributed by atoms with Gasteiger partial charge in [-0.15, -0.1) is 0 Å². The predicted molar refractivity (Wildman–Crippen MR) is 185 cm³/mol. The maximum absolute atomic E-state index is 14.4. The molecule has 1 aliphatic rings. The number of aromatic nitrogens is 3. The fraction of sp³-hybridized carbons (Fsp3) is 0.231. The number of alkyl halides is 3. The average Bonchev–Trinajstić information content (AvgIpc) is 3.66. The molecule has 0 radical (unpaired) electrons. The van der Waals surface area contributed by atoms with Crippen LogP contribution in [0.4, 0.5) is 13.2 Å². The number of imidazole rings is 1. The third-order valence-corrected chi connectivity index (χ3v) is 8.74.